The molecule has 144 valence electrons. The number of sulfone groups is 1. The predicted molar refractivity (Wildman–Crippen MR) is 101 cm³/mol. The quantitative estimate of drug-likeness (QED) is 0.803. The molecule has 0 spiro atoms. The number of amides is 1. The SMILES string of the molecule is CCOc1ccccc1C(=O)N1CCC(c2ccccc2F)S(=O)(=O)CC1. The lowest BCUT2D eigenvalue weighted by Crippen LogP contribution is -2.33. The van der Waals surface area contributed by atoms with E-state index in [1.165, 1.54) is 23.1 Å². The molecule has 0 saturated carbocycles. The Balaban J connectivity index is 1.86. The van der Waals surface area contributed by atoms with Crippen LogP contribution in [0.1, 0.15) is 34.5 Å². The van der Waals surface area contributed by atoms with E-state index in [-0.39, 0.29) is 36.7 Å². The summed E-state index contributed by atoms with van der Waals surface area (Å²) >= 11 is 0. The fraction of sp³-hybridized carbons (Fsp3) is 0.350. The van der Waals surface area contributed by atoms with Gasteiger partial charge in [-0.25, -0.2) is 12.8 Å². The molecule has 1 heterocycles. The zero-order valence-electron chi connectivity index (χ0n) is 15.1. The van der Waals surface area contributed by atoms with E-state index in [1.54, 1.807) is 30.3 Å². The third kappa shape index (κ3) is 4.13. The Labute approximate surface area is 158 Å². The monoisotopic (exact) mass is 391 g/mol. The lowest BCUT2D eigenvalue weighted by atomic mass is 10.1. The van der Waals surface area contributed by atoms with E-state index in [1.807, 2.05) is 6.92 Å². The molecule has 2 aromatic rings. The average Bonchev–Trinajstić information content (AvgIpc) is 2.81. The molecule has 2 aromatic carbocycles. The standard InChI is InChI=1S/C20H22FNO4S/c1-2-26-18-10-6-4-8-16(18)20(23)22-12-11-19(27(24,25)14-13-22)15-7-3-5-9-17(15)21/h3-10,19H,2,11-14H2,1H3. The number of nitrogens with zero attached hydrogens (tertiary/aromatic N) is 1. The number of para-hydroxylation sites is 1. The summed E-state index contributed by atoms with van der Waals surface area (Å²) < 4.78 is 45.1. The molecule has 0 radical (unpaired) electrons. The first-order valence-corrected chi connectivity index (χ1v) is 10.6. The average molecular weight is 391 g/mol. The molecule has 3 rings (SSSR count). The summed E-state index contributed by atoms with van der Waals surface area (Å²) in [5.74, 6) is -0.534. The van der Waals surface area contributed by atoms with Gasteiger partial charge in [-0.3, -0.25) is 4.79 Å². The van der Waals surface area contributed by atoms with Crippen molar-refractivity contribution < 1.29 is 22.3 Å². The van der Waals surface area contributed by atoms with Crippen molar-refractivity contribution in [2.75, 3.05) is 25.4 Å². The molecular weight excluding hydrogens is 369 g/mol. The van der Waals surface area contributed by atoms with Crippen LogP contribution in [0.2, 0.25) is 0 Å². The largest absolute Gasteiger partial charge is 0.493 e. The normalized spacial score (nSPS) is 19.3. The Hall–Kier alpha value is -2.41. The number of halogens is 1. The van der Waals surface area contributed by atoms with Gasteiger partial charge in [0, 0.05) is 18.7 Å². The Bertz CT molecular complexity index is 929. The van der Waals surface area contributed by atoms with E-state index in [0.717, 1.165) is 0 Å². The highest BCUT2D eigenvalue weighted by molar-refractivity contribution is 7.91. The maximum absolute atomic E-state index is 14.1. The third-order valence-electron chi connectivity index (χ3n) is 4.70. The minimum atomic E-state index is -3.57. The van der Waals surface area contributed by atoms with Crippen molar-refractivity contribution in [2.24, 2.45) is 0 Å². The highest BCUT2D eigenvalue weighted by Crippen LogP contribution is 2.32. The van der Waals surface area contributed by atoms with Gasteiger partial charge in [0.2, 0.25) is 0 Å². The van der Waals surface area contributed by atoms with Crippen LogP contribution in [-0.4, -0.2) is 44.7 Å². The lowest BCUT2D eigenvalue weighted by molar-refractivity contribution is 0.0762. The zero-order valence-corrected chi connectivity index (χ0v) is 15.9. The van der Waals surface area contributed by atoms with Gasteiger partial charge in [-0.15, -0.1) is 0 Å². The fourth-order valence-corrected chi connectivity index (χ4v) is 5.13. The van der Waals surface area contributed by atoms with Crippen LogP contribution in [0.25, 0.3) is 0 Å². The molecule has 1 aliphatic heterocycles. The molecule has 1 amide bonds. The Morgan fingerprint density at radius 1 is 1.15 bits per heavy atom. The van der Waals surface area contributed by atoms with Crippen molar-refractivity contribution in [1.82, 2.24) is 4.90 Å². The van der Waals surface area contributed by atoms with Crippen LogP contribution in [-0.2, 0) is 9.84 Å². The molecule has 27 heavy (non-hydrogen) atoms. The first-order valence-electron chi connectivity index (χ1n) is 8.91. The number of hydrogen-bond acceptors (Lipinski definition) is 4. The van der Waals surface area contributed by atoms with E-state index in [0.29, 0.717) is 17.9 Å². The summed E-state index contributed by atoms with van der Waals surface area (Å²) in [5.41, 5.74) is 0.572. The molecule has 0 aliphatic carbocycles. The number of ether oxygens (including phenoxy) is 1. The second kappa shape index (κ2) is 8.08. The molecule has 0 aromatic heterocycles. The van der Waals surface area contributed by atoms with Crippen LogP contribution < -0.4 is 4.74 Å². The van der Waals surface area contributed by atoms with Crippen molar-refractivity contribution in [3.8, 4) is 5.75 Å². The van der Waals surface area contributed by atoms with Gasteiger partial charge >= 0.3 is 0 Å². The second-order valence-electron chi connectivity index (χ2n) is 6.39. The summed E-state index contributed by atoms with van der Waals surface area (Å²) in [6.07, 6.45) is 0.159. The highest BCUT2D eigenvalue weighted by Gasteiger charge is 2.34. The van der Waals surface area contributed by atoms with Gasteiger partial charge in [-0.1, -0.05) is 30.3 Å². The van der Waals surface area contributed by atoms with Crippen molar-refractivity contribution in [2.45, 2.75) is 18.6 Å². The van der Waals surface area contributed by atoms with Gasteiger partial charge in [0.05, 0.1) is 23.2 Å². The molecule has 1 fully saturated rings. The van der Waals surface area contributed by atoms with E-state index in [2.05, 4.69) is 0 Å². The van der Waals surface area contributed by atoms with Crippen molar-refractivity contribution in [3.05, 3.63) is 65.5 Å². The molecule has 1 aliphatic rings. The first-order chi connectivity index (χ1) is 12.9. The third-order valence-corrected chi connectivity index (χ3v) is 6.81. The number of carbonyl (C=O) groups excluding carboxylic acids is 1. The maximum Gasteiger partial charge on any atom is 0.257 e. The second-order valence-corrected chi connectivity index (χ2v) is 8.69. The van der Waals surface area contributed by atoms with Crippen LogP contribution in [0.15, 0.2) is 48.5 Å². The topological polar surface area (TPSA) is 63.7 Å². The Kier molecular flexibility index (Phi) is 5.79. The van der Waals surface area contributed by atoms with Crippen LogP contribution in [0.4, 0.5) is 4.39 Å². The predicted octanol–water partition coefficient (Wildman–Crippen LogP) is 3.23. The maximum atomic E-state index is 14.1. The number of hydrogen-bond donors (Lipinski definition) is 0. The molecule has 5 nitrogen and oxygen atoms in total. The van der Waals surface area contributed by atoms with Crippen LogP contribution in [0, 0.1) is 5.82 Å². The van der Waals surface area contributed by atoms with Crippen molar-refractivity contribution in [3.63, 3.8) is 0 Å². The van der Waals surface area contributed by atoms with Gasteiger partial charge in [-0.2, -0.15) is 0 Å². The summed E-state index contributed by atoms with van der Waals surface area (Å²) in [7, 11) is -3.57. The molecular formula is C20H22FNO4S. The molecule has 0 N–H and O–H groups in total. The minimum Gasteiger partial charge on any atom is -0.493 e. The summed E-state index contributed by atoms with van der Waals surface area (Å²) in [5, 5.41) is -0.946. The zero-order chi connectivity index (χ0) is 19.4. The van der Waals surface area contributed by atoms with Gasteiger partial charge in [0.15, 0.2) is 9.84 Å². The van der Waals surface area contributed by atoms with E-state index < -0.39 is 20.9 Å². The lowest BCUT2D eigenvalue weighted by Gasteiger charge is -2.21. The Morgan fingerprint density at radius 2 is 1.85 bits per heavy atom. The fourth-order valence-electron chi connectivity index (χ4n) is 3.33. The van der Waals surface area contributed by atoms with Crippen molar-refractivity contribution >= 4 is 15.7 Å². The van der Waals surface area contributed by atoms with Crippen LogP contribution >= 0.6 is 0 Å². The molecule has 1 unspecified atom stereocenters. The number of benzene rings is 2. The van der Waals surface area contributed by atoms with E-state index in [9.17, 15) is 17.6 Å². The van der Waals surface area contributed by atoms with Gasteiger partial charge in [0.25, 0.3) is 5.91 Å². The highest BCUT2D eigenvalue weighted by atomic mass is 32.2. The summed E-state index contributed by atoms with van der Waals surface area (Å²) in [6, 6.07) is 12.8. The molecule has 0 bridgehead atoms. The summed E-state index contributed by atoms with van der Waals surface area (Å²) in [6.45, 7) is 2.57. The van der Waals surface area contributed by atoms with Gasteiger partial charge in [0.1, 0.15) is 11.6 Å². The first kappa shape index (κ1) is 19.4. The number of rotatable bonds is 4. The molecule has 1 atom stereocenters. The van der Waals surface area contributed by atoms with Crippen LogP contribution in [0.3, 0.4) is 0 Å². The van der Waals surface area contributed by atoms with E-state index >= 15 is 0 Å². The van der Waals surface area contributed by atoms with Crippen LogP contribution in [0.5, 0.6) is 5.75 Å². The van der Waals surface area contributed by atoms with Gasteiger partial charge < -0.3 is 9.64 Å². The van der Waals surface area contributed by atoms with Crippen molar-refractivity contribution in [1.29, 1.82) is 0 Å². The number of carbonyl (C=O) groups is 1. The minimum absolute atomic E-state index is 0.0760. The Morgan fingerprint density at radius 3 is 2.59 bits per heavy atom. The molecule has 1 saturated heterocycles. The summed E-state index contributed by atoms with van der Waals surface area (Å²) in [4.78, 5) is 14.5. The molecule has 7 heteroatoms. The van der Waals surface area contributed by atoms with Gasteiger partial charge in [-0.05, 0) is 31.5 Å². The van der Waals surface area contributed by atoms with E-state index in [4.69, 9.17) is 4.74 Å². The smallest absolute Gasteiger partial charge is 0.257 e.